The molecule has 26 heavy (non-hydrogen) atoms. The monoisotopic (exact) mass is 372 g/mol. The first-order valence-corrected chi connectivity index (χ1v) is 9.12. The summed E-state index contributed by atoms with van der Waals surface area (Å²) in [5.74, 6) is 0.0933. The third-order valence-corrected chi connectivity index (χ3v) is 5.10. The average Bonchev–Trinajstić information content (AvgIpc) is 3.15. The molecule has 3 rings (SSSR count). The molecule has 0 saturated carbocycles. The second kappa shape index (κ2) is 7.65. The Balaban J connectivity index is 1.92. The van der Waals surface area contributed by atoms with E-state index in [1.54, 1.807) is 6.92 Å². The molecular weight excluding hydrogens is 352 g/mol. The van der Waals surface area contributed by atoms with Crippen molar-refractivity contribution in [3.8, 4) is 0 Å². The van der Waals surface area contributed by atoms with Crippen molar-refractivity contribution in [2.24, 2.45) is 0 Å². The van der Waals surface area contributed by atoms with Crippen molar-refractivity contribution in [2.45, 2.75) is 27.3 Å². The maximum atomic E-state index is 13.2. The summed E-state index contributed by atoms with van der Waals surface area (Å²) in [7, 11) is 0. The van der Waals surface area contributed by atoms with Crippen molar-refractivity contribution in [3.05, 3.63) is 52.3 Å². The normalized spacial score (nSPS) is 10.9. The largest absolute Gasteiger partial charge is 0.465 e. The fourth-order valence-electron chi connectivity index (χ4n) is 2.77. The molecule has 0 spiro atoms. The Morgan fingerprint density at radius 1 is 1.19 bits per heavy atom. The van der Waals surface area contributed by atoms with Gasteiger partial charge in [-0.2, -0.15) is 0 Å². The van der Waals surface area contributed by atoms with Crippen molar-refractivity contribution >= 4 is 28.2 Å². The quantitative estimate of drug-likeness (QED) is 0.622. The molecule has 0 bridgehead atoms. The number of fused-ring (bicyclic) bond motifs is 1. The molecule has 7 nitrogen and oxygen atoms in total. The van der Waals surface area contributed by atoms with Crippen LogP contribution >= 0.6 is 11.3 Å². The van der Waals surface area contributed by atoms with Crippen molar-refractivity contribution in [1.82, 2.24) is 19.5 Å². The lowest BCUT2D eigenvalue weighted by Gasteiger charge is -2.21. The summed E-state index contributed by atoms with van der Waals surface area (Å²) in [5, 5.41) is 8.11. The van der Waals surface area contributed by atoms with Crippen molar-refractivity contribution < 1.29 is 14.3 Å². The van der Waals surface area contributed by atoms with Gasteiger partial charge in [-0.15, -0.1) is 10.2 Å². The van der Waals surface area contributed by atoms with Gasteiger partial charge in [-0.05, 0) is 26.3 Å². The average molecular weight is 372 g/mol. The van der Waals surface area contributed by atoms with Gasteiger partial charge in [0.05, 0.1) is 6.61 Å². The molecule has 136 valence electrons. The topological polar surface area (TPSA) is 76.8 Å². The van der Waals surface area contributed by atoms with Gasteiger partial charge in [0.1, 0.15) is 17.2 Å². The molecule has 0 fully saturated rings. The second-order valence-corrected chi connectivity index (χ2v) is 6.81. The number of aromatic nitrogens is 3. The number of ether oxygens (including phenoxy) is 1. The molecule has 0 aliphatic carbocycles. The van der Waals surface area contributed by atoms with Crippen LogP contribution in [0.4, 0.5) is 0 Å². The number of benzene rings is 1. The van der Waals surface area contributed by atoms with Crippen LogP contribution in [0, 0.1) is 13.8 Å². The number of amides is 1. The van der Waals surface area contributed by atoms with Crippen molar-refractivity contribution in [1.29, 1.82) is 0 Å². The molecule has 1 aromatic carbocycles. The summed E-state index contributed by atoms with van der Waals surface area (Å²) in [4.78, 5) is 27.9. The molecule has 0 N–H and O–H groups in total. The predicted molar refractivity (Wildman–Crippen MR) is 98.2 cm³/mol. The Morgan fingerprint density at radius 2 is 1.92 bits per heavy atom. The number of thiazole rings is 1. The van der Waals surface area contributed by atoms with Gasteiger partial charge >= 0.3 is 5.97 Å². The Morgan fingerprint density at radius 3 is 2.58 bits per heavy atom. The Kier molecular flexibility index (Phi) is 5.32. The van der Waals surface area contributed by atoms with E-state index < -0.39 is 5.97 Å². The van der Waals surface area contributed by atoms with E-state index in [0.717, 1.165) is 17.1 Å². The lowest BCUT2D eigenvalue weighted by molar-refractivity contribution is -0.143. The highest BCUT2D eigenvalue weighted by Gasteiger charge is 2.25. The molecule has 0 unspecified atom stereocenters. The Bertz CT molecular complexity index is 933. The van der Waals surface area contributed by atoms with E-state index in [4.69, 9.17) is 4.74 Å². The molecule has 0 aliphatic heterocycles. The molecule has 2 heterocycles. The van der Waals surface area contributed by atoms with Crippen LogP contribution in [0.2, 0.25) is 0 Å². The number of carbonyl (C=O) groups is 2. The number of hydrogen-bond acceptors (Lipinski definition) is 6. The number of carbonyl (C=O) groups excluding carboxylic acids is 2. The number of aryl methyl sites for hydroxylation is 2. The lowest BCUT2D eigenvalue weighted by atomic mass is 10.2. The summed E-state index contributed by atoms with van der Waals surface area (Å²) >= 11 is 1.28. The Hall–Kier alpha value is -2.74. The first kappa shape index (κ1) is 18.1. The first-order chi connectivity index (χ1) is 12.5. The van der Waals surface area contributed by atoms with Crippen molar-refractivity contribution in [3.63, 3.8) is 0 Å². The van der Waals surface area contributed by atoms with Gasteiger partial charge in [-0.3, -0.25) is 14.0 Å². The van der Waals surface area contributed by atoms with E-state index in [0.29, 0.717) is 16.4 Å². The van der Waals surface area contributed by atoms with Crippen LogP contribution in [0.15, 0.2) is 30.3 Å². The highest BCUT2D eigenvalue weighted by atomic mass is 32.1. The zero-order chi connectivity index (χ0) is 18.7. The van der Waals surface area contributed by atoms with Crippen LogP contribution in [0.1, 0.15) is 33.7 Å². The van der Waals surface area contributed by atoms with Gasteiger partial charge in [0.25, 0.3) is 5.91 Å². The van der Waals surface area contributed by atoms with Crippen LogP contribution in [-0.2, 0) is 16.1 Å². The maximum absolute atomic E-state index is 13.2. The van der Waals surface area contributed by atoms with E-state index in [1.165, 1.54) is 16.2 Å². The third-order valence-electron chi connectivity index (χ3n) is 3.98. The molecule has 2 aromatic heterocycles. The highest BCUT2D eigenvalue weighted by molar-refractivity contribution is 7.19. The van der Waals surface area contributed by atoms with Gasteiger partial charge < -0.3 is 9.64 Å². The second-order valence-electron chi connectivity index (χ2n) is 5.83. The number of esters is 1. The summed E-state index contributed by atoms with van der Waals surface area (Å²) in [6.07, 6.45) is 0. The number of nitrogens with zero attached hydrogens (tertiary/aromatic N) is 4. The van der Waals surface area contributed by atoms with Crippen molar-refractivity contribution in [2.75, 3.05) is 13.2 Å². The fraction of sp³-hybridized carbons (Fsp3) is 0.333. The van der Waals surface area contributed by atoms with E-state index >= 15 is 0 Å². The molecule has 0 aliphatic rings. The van der Waals surface area contributed by atoms with Gasteiger partial charge in [0.15, 0.2) is 0 Å². The van der Waals surface area contributed by atoms with E-state index in [2.05, 4.69) is 10.2 Å². The van der Waals surface area contributed by atoms with Crippen LogP contribution in [-0.4, -0.2) is 44.5 Å². The summed E-state index contributed by atoms with van der Waals surface area (Å²) in [6, 6.07) is 9.57. The van der Waals surface area contributed by atoms with Gasteiger partial charge in [-0.25, -0.2) is 0 Å². The van der Waals surface area contributed by atoms with Crippen LogP contribution in [0.25, 0.3) is 4.96 Å². The third kappa shape index (κ3) is 3.60. The summed E-state index contributed by atoms with van der Waals surface area (Å²) < 4.78 is 6.88. The van der Waals surface area contributed by atoms with Crippen LogP contribution in [0.3, 0.4) is 0 Å². The lowest BCUT2D eigenvalue weighted by Crippen LogP contribution is -2.36. The van der Waals surface area contributed by atoms with Gasteiger partial charge in [0, 0.05) is 12.2 Å². The SMILES string of the molecule is CCOC(=O)CN(Cc1ccccc1)C(=O)c1sc2nnc(C)n2c1C. The Labute approximate surface area is 155 Å². The molecular formula is C18H20N4O3S. The van der Waals surface area contributed by atoms with Gasteiger partial charge in [-0.1, -0.05) is 41.7 Å². The minimum absolute atomic E-state index is 0.0988. The first-order valence-electron chi connectivity index (χ1n) is 8.31. The van der Waals surface area contributed by atoms with Crippen LogP contribution < -0.4 is 0 Å². The smallest absolute Gasteiger partial charge is 0.325 e. The highest BCUT2D eigenvalue weighted by Crippen LogP contribution is 2.24. The minimum Gasteiger partial charge on any atom is -0.465 e. The maximum Gasteiger partial charge on any atom is 0.325 e. The molecule has 0 saturated heterocycles. The van der Waals surface area contributed by atoms with Crippen LogP contribution in [0.5, 0.6) is 0 Å². The van der Waals surface area contributed by atoms with Gasteiger partial charge in [0.2, 0.25) is 4.96 Å². The number of rotatable bonds is 6. The molecule has 8 heteroatoms. The fourth-order valence-corrected chi connectivity index (χ4v) is 3.85. The minimum atomic E-state index is -0.423. The summed E-state index contributed by atoms with van der Waals surface area (Å²) in [5.41, 5.74) is 1.72. The summed E-state index contributed by atoms with van der Waals surface area (Å²) in [6.45, 7) is 5.96. The standard InChI is InChI=1S/C18H20N4O3S/c1-4-25-15(23)11-21(10-14-8-6-5-7-9-14)17(24)16-12(2)22-13(3)19-20-18(22)26-16/h5-9H,4,10-11H2,1-3H3. The predicted octanol–water partition coefficient (Wildman–Crippen LogP) is 2.61. The molecule has 0 radical (unpaired) electrons. The zero-order valence-electron chi connectivity index (χ0n) is 14.9. The van der Waals surface area contributed by atoms with E-state index in [1.807, 2.05) is 48.6 Å². The van der Waals surface area contributed by atoms with E-state index in [-0.39, 0.29) is 19.1 Å². The molecule has 3 aromatic rings. The molecule has 0 atom stereocenters. The molecule has 1 amide bonds. The van der Waals surface area contributed by atoms with E-state index in [9.17, 15) is 9.59 Å². The zero-order valence-corrected chi connectivity index (χ0v) is 15.7. The number of hydrogen-bond donors (Lipinski definition) is 0.